The number of benzene rings is 12. The summed E-state index contributed by atoms with van der Waals surface area (Å²) in [6.45, 7) is 8.70. The third kappa shape index (κ3) is 6.45. The van der Waals surface area contributed by atoms with E-state index in [1.165, 1.54) is 27.8 Å². The zero-order valence-electron chi connectivity index (χ0n) is 49.4. The molecule has 0 N–H and O–H groups in total. The number of pyridine rings is 1. The highest BCUT2D eigenvalue weighted by Crippen LogP contribution is 2.63. The molecule has 6 nitrogen and oxygen atoms in total. The Morgan fingerprint density at radius 3 is 1.00 bits per heavy atom. The van der Waals surface area contributed by atoms with Gasteiger partial charge in [0.1, 0.15) is 11.6 Å². The molecule has 89 heavy (non-hydrogen) atoms. The zero-order valence-corrected chi connectivity index (χ0v) is 49.4. The Hall–Kier alpha value is -11.5. The summed E-state index contributed by atoms with van der Waals surface area (Å²) in [4.78, 5) is 6.36. The van der Waals surface area contributed by atoms with E-state index in [2.05, 4.69) is 307 Å². The maximum absolute atomic E-state index is 13.2. The first-order valence-electron chi connectivity index (χ1n) is 30.8. The van der Waals surface area contributed by atoms with Crippen LogP contribution in [0.2, 0.25) is 0 Å². The van der Waals surface area contributed by atoms with Gasteiger partial charge in [0.05, 0.1) is 89.2 Å². The molecule has 0 radical (unpaired) electrons. The van der Waals surface area contributed by atoms with Crippen molar-refractivity contribution < 1.29 is 0 Å². The molecular weight excluding hydrogens is 1080 g/mol. The van der Waals surface area contributed by atoms with Crippen LogP contribution < -0.4 is 0 Å². The van der Waals surface area contributed by atoms with Crippen molar-refractivity contribution in [3.05, 3.63) is 305 Å². The second-order valence-electron chi connectivity index (χ2n) is 24.7. The maximum atomic E-state index is 13.2. The Bertz CT molecular complexity index is 5760. The number of nitriles is 1. The van der Waals surface area contributed by atoms with Crippen molar-refractivity contribution in [3.8, 4) is 62.5 Å². The highest BCUT2D eigenvalue weighted by atomic mass is 15.1. The van der Waals surface area contributed by atoms with Gasteiger partial charge in [-0.2, -0.15) is 5.26 Å². The van der Waals surface area contributed by atoms with Crippen molar-refractivity contribution in [2.75, 3.05) is 0 Å². The molecular formula is C83H54N6. The molecule has 0 fully saturated rings. The molecule has 0 unspecified atom stereocenters. The van der Waals surface area contributed by atoms with E-state index in [9.17, 15) is 5.26 Å². The van der Waals surface area contributed by atoms with Gasteiger partial charge in [-0.3, -0.25) is 0 Å². The fraction of sp³-hybridized carbons (Fsp3) is 0.0602. The van der Waals surface area contributed by atoms with Gasteiger partial charge in [-0.15, -0.1) is 0 Å². The first-order chi connectivity index (χ1) is 43.8. The van der Waals surface area contributed by atoms with Gasteiger partial charge in [-0.05, 0) is 140 Å². The van der Waals surface area contributed by atoms with Crippen LogP contribution in [0.3, 0.4) is 0 Å². The molecule has 17 aromatic rings. The Balaban J connectivity index is 1.12. The predicted octanol–water partition coefficient (Wildman–Crippen LogP) is 20.6. The third-order valence-electron chi connectivity index (χ3n) is 19.8. The van der Waals surface area contributed by atoms with Crippen molar-refractivity contribution in [2.24, 2.45) is 0 Å². The van der Waals surface area contributed by atoms with Crippen molar-refractivity contribution in [1.82, 2.24) is 23.3 Å². The lowest BCUT2D eigenvalue weighted by Crippen LogP contribution is -2.25. The Kier molecular flexibility index (Phi) is 10.1. The highest BCUT2D eigenvalue weighted by molar-refractivity contribution is 6.17. The lowest BCUT2D eigenvalue weighted by Gasteiger charge is -2.30. The van der Waals surface area contributed by atoms with Gasteiger partial charge in [0.25, 0.3) is 0 Å². The fourth-order valence-electron chi connectivity index (χ4n) is 16.3. The highest BCUT2D eigenvalue weighted by Gasteiger charge is 2.52. The van der Waals surface area contributed by atoms with Gasteiger partial charge in [-0.25, -0.2) is 4.98 Å². The maximum Gasteiger partial charge on any atom is 0.104 e. The van der Waals surface area contributed by atoms with Crippen molar-refractivity contribution in [3.63, 3.8) is 0 Å². The van der Waals surface area contributed by atoms with E-state index in [-0.39, 0.29) is 0 Å². The smallest absolute Gasteiger partial charge is 0.104 e. The number of fused-ring (bicyclic) bond motifs is 22. The lowest BCUT2D eigenvalue weighted by molar-refractivity contribution is 0.791. The van der Waals surface area contributed by atoms with Gasteiger partial charge in [0.2, 0.25) is 0 Å². The first-order valence-corrected chi connectivity index (χ1v) is 30.8. The van der Waals surface area contributed by atoms with Gasteiger partial charge in [-0.1, -0.05) is 198 Å². The van der Waals surface area contributed by atoms with Crippen LogP contribution in [0.15, 0.2) is 255 Å². The van der Waals surface area contributed by atoms with Gasteiger partial charge in [0.15, 0.2) is 0 Å². The largest absolute Gasteiger partial charge is 0.306 e. The summed E-state index contributed by atoms with van der Waals surface area (Å²) >= 11 is 0. The number of aryl methyl sites for hydroxylation is 4. The molecule has 0 atom stereocenters. The van der Waals surface area contributed by atoms with E-state index in [4.69, 9.17) is 4.98 Å². The van der Waals surface area contributed by atoms with E-state index < -0.39 is 5.41 Å². The zero-order chi connectivity index (χ0) is 59.1. The second-order valence-corrected chi connectivity index (χ2v) is 24.7. The number of hydrogen-bond donors (Lipinski definition) is 0. The predicted molar refractivity (Wildman–Crippen MR) is 367 cm³/mol. The summed E-state index contributed by atoms with van der Waals surface area (Å²) in [7, 11) is 0. The van der Waals surface area contributed by atoms with Crippen LogP contribution in [0.1, 0.15) is 50.1 Å². The van der Waals surface area contributed by atoms with Crippen LogP contribution in [0, 0.1) is 39.0 Å². The van der Waals surface area contributed by atoms with Crippen LogP contribution in [0.25, 0.3) is 144 Å². The molecule has 0 saturated carbocycles. The Morgan fingerprint density at radius 2 is 0.618 bits per heavy atom. The van der Waals surface area contributed by atoms with Crippen molar-refractivity contribution in [2.45, 2.75) is 33.1 Å². The average molecular weight is 1140 g/mol. The molecule has 6 heteroatoms. The standard InChI is InChI=1S/C83H54N6/c1-48-33-39-73-59(43-48)54-21-8-15-29-69(54)86(73)79-63(47-84)80(87-70-30-16-9-22-55(70)60-44-49(2)34-40-74(60)87)82(89-72-32-18-11-24-57(72)62-46-51(4)36-42-76(62)89)77(81(79)88-71-31-17-10-23-56(71)61-45-50(3)35-41-75(61)88)68-38-37-67-78(85-68)58-25-7-14-28-66(58)83(67)64-26-12-5-19-52(64)53-20-6-13-27-65(53)83/h5-46H,1-4H3. The van der Waals surface area contributed by atoms with E-state index in [1.807, 2.05) is 0 Å². The number of hydrogen-bond acceptors (Lipinski definition) is 2. The van der Waals surface area contributed by atoms with E-state index in [1.54, 1.807) is 0 Å². The first kappa shape index (κ1) is 49.7. The monoisotopic (exact) mass is 1130 g/mol. The molecule has 2 aliphatic rings. The lowest BCUT2D eigenvalue weighted by atomic mass is 9.71. The molecule has 5 aromatic heterocycles. The summed E-state index contributed by atoms with van der Waals surface area (Å²) in [6.07, 6.45) is 0. The molecule has 2 aliphatic carbocycles. The van der Waals surface area contributed by atoms with E-state index in [0.717, 1.165) is 160 Å². The minimum absolute atomic E-state index is 0.519. The number of aromatic nitrogens is 5. The molecule has 0 saturated heterocycles. The van der Waals surface area contributed by atoms with Crippen LogP contribution >= 0.6 is 0 Å². The SMILES string of the molecule is Cc1ccc2c(c1)c1ccccc1n2-c1c(C#N)c(-n2c3ccccc3c3cc(C)ccc32)c(-n2c3ccccc3c3cc(C)ccc32)c(-c2ccc3c(n2)-c2ccccc2C32c3ccccc3-c3ccccc32)c1-n1c2ccccc2c2cc(C)ccc21. The third-order valence-corrected chi connectivity index (χ3v) is 19.8. The Labute approximate surface area is 513 Å². The van der Waals surface area contributed by atoms with Gasteiger partial charge < -0.3 is 18.3 Å². The van der Waals surface area contributed by atoms with Gasteiger partial charge >= 0.3 is 0 Å². The summed E-state index contributed by atoms with van der Waals surface area (Å²) in [5.74, 6) is 0. The minimum Gasteiger partial charge on any atom is -0.306 e. The minimum atomic E-state index is -0.630. The van der Waals surface area contributed by atoms with Gasteiger partial charge in [0, 0.05) is 48.7 Å². The van der Waals surface area contributed by atoms with Crippen molar-refractivity contribution in [1.29, 1.82) is 5.26 Å². The van der Waals surface area contributed by atoms with Crippen LogP contribution in [0.5, 0.6) is 0 Å². The molecule has 0 bridgehead atoms. The van der Waals surface area contributed by atoms with E-state index >= 15 is 0 Å². The molecule has 5 heterocycles. The molecule has 0 aliphatic heterocycles. The van der Waals surface area contributed by atoms with E-state index in [0.29, 0.717) is 5.56 Å². The molecule has 1 spiro atoms. The Morgan fingerprint density at radius 1 is 0.303 bits per heavy atom. The number of nitrogens with zero attached hydrogens (tertiary/aromatic N) is 6. The number of rotatable bonds is 5. The summed E-state index contributed by atoms with van der Waals surface area (Å²) in [5, 5.41) is 22.1. The molecule has 19 rings (SSSR count). The topological polar surface area (TPSA) is 56.4 Å². The number of para-hydroxylation sites is 4. The van der Waals surface area contributed by atoms with Crippen LogP contribution in [0.4, 0.5) is 0 Å². The van der Waals surface area contributed by atoms with Crippen molar-refractivity contribution >= 4 is 87.2 Å². The molecule has 416 valence electrons. The quantitative estimate of drug-likeness (QED) is 0.172. The fourth-order valence-corrected chi connectivity index (χ4v) is 16.3. The summed E-state index contributed by atoms with van der Waals surface area (Å²) in [5.41, 5.74) is 26.9. The van der Waals surface area contributed by atoms with Crippen LogP contribution in [-0.2, 0) is 5.41 Å². The average Bonchev–Trinajstić information content (AvgIpc) is 1.65. The molecule has 0 amide bonds. The molecule has 12 aromatic carbocycles. The summed E-state index contributed by atoms with van der Waals surface area (Å²) < 4.78 is 9.80. The summed E-state index contributed by atoms with van der Waals surface area (Å²) in [6, 6.07) is 97.2. The van der Waals surface area contributed by atoms with Crippen LogP contribution in [-0.4, -0.2) is 23.3 Å². The second kappa shape index (κ2) is 18.0. The normalized spacial score (nSPS) is 13.0.